The number of para-hydroxylation sites is 1. The SMILES string of the molecule is Cc1ccc(NC(=O)CSc2nc3ccccc3c(=O)n2Cc2cccc(Cl)c2)c(Cl)c1. The summed E-state index contributed by atoms with van der Waals surface area (Å²) in [4.78, 5) is 30.4. The number of aryl methyl sites for hydroxylation is 1. The van der Waals surface area contributed by atoms with E-state index in [9.17, 15) is 9.59 Å². The molecule has 1 heterocycles. The average Bonchev–Trinajstić information content (AvgIpc) is 2.76. The second kappa shape index (κ2) is 9.77. The van der Waals surface area contributed by atoms with Gasteiger partial charge >= 0.3 is 0 Å². The van der Waals surface area contributed by atoms with Crippen molar-refractivity contribution in [3.8, 4) is 0 Å². The van der Waals surface area contributed by atoms with E-state index >= 15 is 0 Å². The van der Waals surface area contributed by atoms with Crippen molar-refractivity contribution < 1.29 is 4.79 Å². The fourth-order valence-corrected chi connectivity index (χ4v) is 4.55. The summed E-state index contributed by atoms with van der Waals surface area (Å²) >= 11 is 13.5. The van der Waals surface area contributed by atoms with Crippen LogP contribution in [0.1, 0.15) is 11.1 Å². The average molecular weight is 484 g/mol. The van der Waals surface area contributed by atoms with E-state index in [-0.39, 0.29) is 17.2 Å². The van der Waals surface area contributed by atoms with E-state index < -0.39 is 0 Å². The van der Waals surface area contributed by atoms with Crippen LogP contribution < -0.4 is 10.9 Å². The Hall–Kier alpha value is -2.80. The molecule has 0 atom stereocenters. The number of carbonyl (C=O) groups is 1. The Morgan fingerprint density at radius 1 is 1.06 bits per heavy atom. The molecule has 162 valence electrons. The molecule has 0 bridgehead atoms. The zero-order valence-corrected chi connectivity index (χ0v) is 19.5. The zero-order chi connectivity index (χ0) is 22.7. The van der Waals surface area contributed by atoms with Crippen molar-refractivity contribution in [2.75, 3.05) is 11.1 Å². The van der Waals surface area contributed by atoms with E-state index in [1.807, 2.05) is 37.3 Å². The number of nitrogens with zero attached hydrogens (tertiary/aromatic N) is 2. The molecule has 0 fully saturated rings. The molecule has 1 N–H and O–H groups in total. The third-order valence-corrected chi connectivity index (χ3v) is 6.31. The molecule has 0 saturated carbocycles. The second-order valence-corrected chi connectivity index (χ2v) is 9.04. The molecule has 0 radical (unpaired) electrons. The number of fused-ring (bicyclic) bond motifs is 1. The molecule has 0 saturated heterocycles. The van der Waals surface area contributed by atoms with Gasteiger partial charge in [-0.15, -0.1) is 0 Å². The molecule has 8 heteroatoms. The van der Waals surface area contributed by atoms with Gasteiger partial charge in [-0.3, -0.25) is 14.2 Å². The first-order chi connectivity index (χ1) is 15.4. The Morgan fingerprint density at radius 2 is 1.88 bits per heavy atom. The molecule has 4 aromatic rings. The fourth-order valence-electron chi connectivity index (χ4n) is 3.25. The van der Waals surface area contributed by atoms with Crippen LogP contribution >= 0.6 is 35.0 Å². The van der Waals surface area contributed by atoms with Gasteiger partial charge in [0.15, 0.2) is 5.16 Å². The summed E-state index contributed by atoms with van der Waals surface area (Å²) in [5.74, 6) is -0.165. The molecule has 0 aliphatic heterocycles. The van der Waals surface area contributed by atoms with Gasteiger partial charge in [-0.05, 0) is 54.4 Å². The van der Waals surface area contributed by atoms with Crippen LogP contribution in [0.2, 0.25) is 10.0 Å². The summed E-state index contributed by atoms with van der Waals surface area (Å²) in [6, 6.07) is 19.9. The molecule has 0 spiro atoms. The molecule has 0 aliphatic rings. The van der Waals surface area contributed by atoms with Crippen molar-refractivity contribution in [2.24, 2.45) is 0 Å². The number of thioether (sulfide) groups is 1. The highest BCUT2D eigenvalue weighted by Gasteiger charge is 2.14. The van der Waals surface area contributed by atoms with E-state index in [4.69, 9.17) is 23.2 Å². The topological polar surface area (TPSA) is 64.0 Å². The number of halogens is 2. The van der Waals surface area contributed by atoms with Crippen LogP contribution in [-0.2, 0) is 11.3 Å². The highest BCUT2D eigenvalue weighted by atomic mass is 35.5. The van der Waals surface area contributed by atoms with Crippen LogP contribution in [0.5, 0.6) is 0 Å². The number of hydrogen-bond acceptors (Lipinski definition) is 4. The monoisotopic (exact) mass is 483 g/mol. The summed E-state index contributed by atoms with van der Waals surface area (Å²) in [7, 11) is 0. The molecular formula is C24H19Cl2N3O2S. The molecule has 0 unspecified atom stereocenters. The van der Waals surface area contributed by atoms with Gasteiger partial charge in [0.25, 0.3) is 5.56 Å². The van der Waals surface area contributed by atoms with Gasteiger partial charge in [-0.25, -0.2) is 4.98 Å². The van der Waals surface area contributed by atoms with Crippen molar-refractivity contribution >= 4 is 57.5 Å². The maximum atomic E-state index is 13.2. The van der Waals surface area contributed by atoms with E-state index in [1.54, 1.807) is 41.0 Å². The highest BCUT2D eigenvalue weighted by molar-refractivity contribution is 7.99. The number of carbonyl (C=O) groups excluding carboxylic acids is 1. The maximum absolute atomic E-state index is 13.2. The van der Waals surface area contributed by atoms with Crippen LogP contribution in [0, 0.1) is 6.92 Å². The number of anilines is 1. The molecule has 5 nitrogen and oxygen atoms in total. The van der Waals surface area contributed by atoms with E-state index in [1.165, 1.54) is 11.8 Å². The van der Waals surface area contributed by atoms with Gasteiger partial charge in [-0.2, -0.15) is 0 Å². The zero-order valence-electron chi connectivity index (χ0n) is 17.1. The first-order valence-electron chi connectivity index (χ1n) is 9.83. The highest BCUT2D eigenvalue weighted by Crippen LogP contribution is 2.24. The van der Waals surface area contributed by atoms with E-state index in [2.05, 4.69) is 10.3 Å². The molecule has 3 aromatic carbocycles. The fraction of sp³-hybridized carbons (Fsp3) is 0.125. The Labute approximate surface area is 199 Å². The molecule has 1 amide bonds. The minimum absolute atomic E-state index is 0.0739. The van der Waals surface area contributed by atoms with Gasteiger partial charge in [0.1, 0.15) is 0 Å². The number of rotatable bonds is 6. The van der Waals surface area contributed by atoms with Crippen LogP contribution in [0.4, 0.5) is 5.69 Å². The molecule has 1 aromatic heterocycles. The van der Waals surface area contributed by atoms with Gasteiger partial charge in [0.2, 0.25) is 5.91 Å². The predicted octanol–water partition coefficient (Wildman–Crippen LogP) is 5.79. The lowest BCUT2D eigenvalue weighted by atomic mass is 10.2. The van der Waals surface area contributed by atoms with Crippen molar-refractivity contribution in [3.63, 3.8) is 0 Å². The molecule has 4 rings (SSSR count). The first kappa shape index (κ1) is 22.4. The second-order valence-electron chi connectivity index (χ2n) is 7.25. The van der Waals surface area contributed by atoms with Crippen molar-refractivity contribution in [1.82, 2.24) is 9.55 Å². The predicted molar refractivity (Wildman–Crippen MR) is 132 cm³/mol. The minimum Gasteiger partial charge on any atom is -0.324 e. The molecule has 32 heavy (non-hydrogen) atoms. The summed E-state index contributed by atoms with van der Waals surface area (Å²) in [6.07, 6.45) is 0. The lowest BCUT2D eigenvalue weighted by Crippen LogP contribution is -2.25. The summed E-state index contributed by atoms with van der Waals surface area (Å²) in [6.45, 7) is 2.23. The smallest absolute Gasteiger partial charge is 0.262 e. The third-order valence-electron chi connectivity index (χ3n) is 4.79. The van der Waals surface area contributed by atoms with Gasteiger partial charge in [0.05, 0.1) is 33.9 Å². The summed E-state index contributed by atoms with van der Waals surface area (Å²) in [5.41, 5.74) is 2.84. The van der Waals surface area contributed by atoms with Gasteiger partial charge in [0, 0.05) is 5.02 Å². The number of hydrogen-bond donors (Lipinski definition) is 1. The Kier molecular flexibility index (Phi) is 6.84. The largest absolute Gasteiger partial charge is 0.324 e. The summed E-state index contributed by atoms with van der Waals surface area (Å²) in [5, 5.41) is 4.86. The van der Waals surface area contributed by atoms with Crippen LogP contribution in [0.25, 0.3) is 10.9 Å². The summed E-state index contributed by atoms with van der Waals surface area (Å²) < 4.78 is 1.57. The van der Waals surface area contributed by atoms with E-state index in [0.717, 1.165) is 11.1 Å². The lowest BCUT2D eigenvalue weighted by Gasteiger charge is -2.14. The first-order valence-corrected chi connectivity index (χ1v) is 11.6. The Morgan fingerprint density at radius 3 is 2.66 bits per heavy atom. The van der Waals surface area contributed by atoms with Crippen molar-refractivity contribution in [1.29, 1.82) is 0 Å². The maximum Gasteiger partial charge on any atom is 0.262 e. The quantitative estimate of drug-likeness (QED) is 0.278. The number of amides is 1. The minimum atomic E-state index is -0.238. The molecular weight excluding hydrogens is 465 g/mol. The normalized spacial score (nSPS) is 11.0. The van der Waals surface area contributed by atoms with Crippen LogP contribution in [0.3, 0.4) is 0 Å². The van der Waals surface area contributed by atoms with Crippen LogP contribution in [-0.4, -0.2) is 21.2 Å². The van der Waals surface area contributed by atoms with E-state index in [0.29, 0.717) is 38.3 Å². The van der Waals surface area contributed by atoms with Crippen molar-refractivity contribution in [2.45, 2.75) is 18.6 Å². The van der Waals surface area contributed by atoms with Gasteiger partial charge < -0.3 is 5.32 Å². The third kappa shape index (κ3) is 5.15. The Bertz CT molecular complexity index is 1370. The Balaban J connectivity index is 1.61. The number of aromatic nitrogens is 2. The number of benzene rings is 3. The van der Waals surface area contributed by atoms with Crippen molar-refractivity contribution in [3.05, 3.63) is 98.3 Å². The number of nitrogens with one attached hydrogen (secondary N) is 1. The molecule has 0 aliphatic carbocycles. The standard InChI is InChI=1S/C24H19Cl2N3O2S/c1-15-9-10-21(19(26)11-15)27-22(30)14-32-24-28-20-8-3-2-7-18(20)23(31)29(24)13-16-5-4-6-17(25)12-16/h2-12H,13-14H2,1H3,(H,27,30). The lowest BCUT2D eigenvalue weighted by molar-refractivity contribution is -0.113. The van der Waals surface area contributed by atoms with Gasteiger partial charge in [-0.1, -0.05) is 65.3 Å². The van der Waals surface area contributed by atoms with Crippen LogP contribution in [0.15, 0.2) is 76.7 Å².